The third kappa shape index (κ3) is 5.13. The number of hydrogen-bond donors (Lipinski definition) is 2. The maximum Gasteiger partial charge on any atom is 0.288 e. The second-order valence-electron chi connectivity index (χ2n) is 4.54. The van der Waals surface area contributed by atoms with Gasteiger partial charge in [-0.15, -0.1) is 23.7 Å². The summed E-state index contributed by atoms with van der Waals surface area (Å²) >= 11 is 1.31. The van der Waals surface area contributed by atoms with Gasteiger partial charge >= 0.3 is 0 Å². The topological polar surface area (TPSA) is 71.1 Å². The molecule has 7 heteroatoms. The lowest BCUT2D eigenvalue weighted by Crippen LogP contribution is -2.41. The van der Waals surface area contributed by atoms with Gasteiger partial charge in [-0.1, -0.05) is 25.5 Å². The van der Waals surface area contributed by atoms with Crippen molar-refractivity contribution in [2.24, 2.45) is 0 Å². The molecule has 2 aromatic rings. The lowest BCUT2D eigenvalue weighted by molar-refractivity contribution is 0.0846. The van der Waals surface area contributed by atoms with E-state index in [-0.39, 0.29) is 24.0 Å². The lowest BCUT2D eigenvalue weighted by atomic mass is 10.1. The molecule has 2 N–H and O–H groups in total. The van der Waals surface area contributed by atoms with Gasteiger partial charge in [-0.05, 0) is 35.9 Å². The fourth-order valence-electron chi connectivity index (χ4n) is 1.73. The Hall–Kier alpha value is -1.92. The Morgan fingerprint density at radius 2 is 1.95 bits per heavy atom. The van der Waals surface area contributed by atoms with E-state index in [1.807, 2.05) is 6.07 Å². The molecule has 0 saturated heterocycles. The van der Waals surface area contributed by atoms with Gasteiger partial charge in [0.15, 0.2) is 0 Å². The molecule has 2 rings (SSSR count). The third-order valence-corrected chi connectivity index (χ3v) is 3.78. The molecule has 2 amide bonds. The summed E-state index contributed by atoms with van der Waals surface area (Å²) in [4.78, 5) is 28.2. The Morgan fingerprint density at radius 1 is 1.18 bits per heavy atom. The van der Waals surface area contributed by atoms with E-state index in [1.54, 1.807) is 29.8 Å². The Morgan fingerprint density at radius 3 is 2.55 bits per heavy atom. The van der Waals surface area contributed by atoms with Crippen LogP contribution in [-0.4, -0.2) is 16.8 Å². The molecule has 0 bridgehead atoms. The Bertz CT molecular complexity index is 600. The van der Waals surface area contributed by atoms with Crippen LogP contribution in [0.25, 0.3) is 0 Å². The van der Waals surface area contributed by atoms with Crippen molar-refractivity contribution in [2.75, 3.05) is 0 Å². The smallest absolute Gasteiger partial charge is 0.266 e. The van der Waals surface area contributed by atoms with Gasteiger partial charge in [-0.2, -0.15) is 0 Å². The van der Waals surface area contributed by atoms with Crippen molar-refractivity contribution in [3.8, 4) is 0 Å². The largest absolute Gasteiger partial charge is 0.288 e. The van der Waals surface area contributed by atoms with Gasteiger partial charge in [-0.3, -0.25) is 25.4 Å². The molecule has 0 aliphatic carbocycles. The highest BCUT2D eigenvalue weighted by molar-refractivity contribution is 7.12. The number of pyridine rings is 1. The van der Waals surface area contributed by atoms with Crippen LogP contribution in [0.3, 0.4) is 0 Å². The van der Waals surface area contributed by atoms with Gasteiger partial charge in [0.2, 0.25) is 0 Å². The number of thiophene rings is 1. The Labute approximate surface area is 139 Å². The van der Waals surface area contributed by atoms with E-state index in [2.05, 4.69) is 22.8 Å². The molecule has 0 unspecified atom stereocenters. The molecule has 118 valence electrons. The van der Waals surface area contributed by atoms with Crippen molar-refractivity contribution in [2.45, 2.75) is 26.2 Å². The minimum absolute atomic E-state index is 0. The lowest BCUT2D eigenvalue weighted by Gasteiger charge is -2.06. The zero-order valence-electron chi connectivity index (χ0n) is 12.2. The highest BCUT2D eigenvalue weighted by atomic mass is 35.5. The summed E-state index contributed by atoms with van der Waals surface area (Å²) in [5.74, 6) is -0.764. The van der Waals surface area contributed by atoms with Crippen molar-refractivity contribution in [1.82, 2.24) is 15.8 Å². The minimum atomic E-state index is -0.429. The summed E-state index contributed by atoms with van der Waals surface area (Å²) in [6.07, 6.45) is 4.88. The molecule has 0 spiro atoms. The molecule has 22 heavy (non-hydrogen) atoms. The van der Waals surface area contributed by atoms with E-state index in [0.717, 1.165) is 24.8 Å². The van der Waals surface area contributed by atoms with Crippen LogP contribution in [0.5, 0.6) is 0 Å². The van der Waals surface area contributed by atoms with E-state index >= 15 is 0 Å². The SMILES string of the molecule is CCCCc1ccc(C(=O)NNC(=O)c2cccs2)nc1.Cl. The van der Waals surface area contributed by atoms with Crippen LogP contribution in [0.1, 0.15) is 45.5 Å². The number of carbonyl (C=O) groups is 2. The van der Waals surface area contributed by atoms with Crippen LogP contribution in [0.2, 0.25) is 0 Å². The predicted molar refractivity (Wildman–Crippen MR) is 89.3 cm³/mol. The summed E-state index contributed by atoms with van der Waals surface area (Å²) in [6, 6.07) is 7.02. The fraction of sp³-hybridized carbons (Fsp3) is 0.267. The molecule has 0 aliphatic heterocycles. The Balaban J connectivity index is 0.00000242. The van der Waals surface area contributed by atoms with Gasteiger partial charge in [0.1, 0.15) is 5.69 Å². The van der Waals surface area contributed by atoms with Crippen LogP contribution in [0, 0.1) is 0 Å². The zero-order valence-corrected chi connectivity index (χ0v) is 13.8. The number of aryl methyl sites for hydroxylation is 1. The highest BCUT2D eigenvalue weighted by Gasteiger charge is 2.10. The molecule has 5 nitrogen and oxygen atoms in total. The van der Waals surface area contributed by atoms with E-state index in [4.69, 9.17) is 0 Å². The molecular weight excluding hydrogens is 322 g/mol. The summed E-state index contributed by atoms with van der Waals surface area (Å²) in [5.41, 5.74) is 6.11. The molecule has 0 radical (unpaired) electrons. The number of hydrogen-bond acceptors (Lipinski definition) is 4. The maximum absolute atomic E-state index is 11.9. The van der Waals surface area contributed by atoms with Crippen LogP contribution < -0.4 is 10.9 Å². The number of halogens is 1. The first kappa shape index (κ1) is 18.1. The summed E-state index contributed by atoms with van der Waals surface area (Å²) in [7, 11) is 0. The molecule has 0 aliphatic rings. The molecule has 0 fully saturated rings. The molecule has 2 heterocycles. The average Bonchev–Trinajstić information content (AvgIpc) is 3.05. The summed E-state index contributed by atoms with van der Waals surface area (Å²) in [6.45, 7) is 2.13. The number of aromatic nitrogens is 1. The average molecular weight is 340 g/mol. The van der Waals surface area contributed by atoms with Gasteiger partial charge < -0.3 is 0 Å². The van der Waals surface area contributed by atoms with Crippen LogP contribution in [-0.2, 0) is 6.42 Å². The van der Waals surface area contributed by atoms with Crippen LogP contribution in [0.15, 0.2) is 35.8 Å². The molecule has 0 saturated carbocycles. The van der Waals surface area contributed by atoms with Crippen molar-refractivity contribution >= 4 is 35.6 Å². The standard InChI is InChI=1S/C15H17N3O2S.ClH/c1-2-3-5-11-7-8-12(16-10-11)14(19)17-18-15(20)13-6-4-9-21-13;/h4,6-10H,2-3,5H2,1H3,(H,17,19)(H,18,20);1H. The second kappa shape index (κ2) is 9.17. The predicted octanol–water partition coefficient (Wildman–Crippen LogP) is 2.98. The maximum atomic E-state index is 11.9. The summed E-state index contributed by atoms with van der Waals surface area (Å²) < 4.78 is 0. The van der Waals surface area contributed by atoms with Gasteiger partial charge in [0.25, 0.3) is 11.8 Å². The Kier molecular flexibility index (Phi) is 7.56. The molecule has 0 aromatic carbocycles. The number of nitrogens with one attached hydrogen (secondary N) is 2. The van der Waals surface area contributed by atoms with Crippen molar-refractivity contribution in [3.63, 3.8) is 0 Å². The van der Waals surface area contributed by atoms with Crippen molar-refractivity contribution in [1.29, 1.82) is 0 Å². The van der Waals surface area contributed by atoms with E-state index in [9.17, 15) is 9.59 Å². The first-order valence-corrected chi connectivity index (χ1v) is 7.67. The van der Waals surface area contributed by atoms with E-state index in [0.29, 0.717) is 4.88 Å². The van der Waals surface area contributed by atoms with Gasteiger partial charge in [0.05, 0.1) is 4.88 Å². The van der Waals surface area contributed by atoms with Crippen molar-refractivity contribution in [3.05, 3.63) is 52.0 Å². The number of rotatable bonds is 5. The molecular formula is C15H18ClN3O2S. The van der Waals surface area contributed by atoms with Crippen molar-refractivity contribution < 1.29 is 9.59 Å². The first-order valence-electron chi connectivity index (χ1n) is 6.80. The van der Waals surface area contributed by atoms with Gasteiger partial charge in [0, 0.05) is 6.20 Å². The number of unbranched alkanes of at least 4 members (excludes halogenated alkanes) is 1. The van der Waals surface area contributed by atoms with Crippen LogP contribution >= 0.6 is 23.7 Å². The number of hydrazine groups is 1. The monoisotopic (exact) mass is 339 g/mol. The zero-order chi connectivity index (χ0) is 15.1. The van der Waals surface area contributed by atoms with Crippen LogP contribution in [0.4, 0.5) is 0 Å². The molecule has 2 aromatic heterocycles. The van der Waals surface area contributed by atoms with E-state index in [1.165, 1.54) is 11.3 Å². The first-order chi connectivity index (χ1) is 10.2. The second-order valence-corrected chi connectivity index (χ2v) is 5.49. The number of carbonyl (C=O) groups excluding carboxylic acids is 2. The third-order valence-electron chi connectivity index (χ3n) is 2.91. The van der Waals surface area contributed by atoms with E-state index < -0.39 is 5.91 Å². The fourth-order valence-corrected chi connectivity index (χ4v) is 2.35. The summed E-state index contributed by atoms with van der Waals surface area (Å²) in [5, 5.41) is 1.80. The minimum Gasteiger partial charge on any atom is -0.266 e. The quantitative estimate of drug-likeness (QED) is 0.823. The van der Waals surface area contributed by atoms with Gasteiger partial charge in [-0.25, -0.2) is 0 Å². The highest BCUT2D eigenvalue weighted by Crippen LogP contribution is 2.07. The number of nitrogens with zero attached hydrogens (tertiary/aromatic N) is 1. The normalized spacial score (nSPS) is 9.68. The molecule has 0 atom stereocenters. The number of amides is 2.